The number of amides is 1. The summed E-state index contributed by atoms with van der Waals surface area (Å²) < 4.78 is 13.3. The van der Waals surface area contributed by atoms with E-state index in [9.17, 15) is 9.18 Å². The molecule has 3 aliphatic rings. The zero-order valence-corrected chi connectivity index (χ0v) is 17.5. The first-order valence-corrected chi connectivity index (χ1v) is 10.7. The molecule has 1 saturated heterocycles. The van der Waals surface area contributed by atoms with E-state index in [1.165, 1.54) is 37.0 Å². The molecule has 1 amide bonds. The first-order chi connectivity index (χ1) is 14.4. The Morgan fingerprint density at radius 1 is 1.00 bits per heavy atom. The molecule has 0 unspecified atom stereocenters. The summed E-state index contributed by atoms with van der Waals surface area (Å²) in [6, 6.07) is 12.0. The maximum absolute atomic E-state index is 13.4. The predicted molar refractivity (Wildman–Crippen MR) is 119 cm³/mol. The molecule has 2 aromatic rings. The summed E-state index contributed by atoms with van der Waals surface area (Å²) in [7, 11) is 0. The minimum absolute atomic E-state index is 0.0972. The van der Waals surface area contributed by atoms with Crippen molar-refractivity contribution in [3.63, 3.8) is 0 Å². The van der Waals surface area contributed by atoms with Crippen LogP contribution in [0.15, 0.2) is 53.5 Å². The van der Waals surface area contributed by atoms with Gasteiger partial charge in [0.2, 0.25) is 0 Å². The second-order valence-corrected chi connectivity index (χ2v) is 8.94. The monoisotopic (exact) mass is 403 g/mol. The van der Waals surface area contributed by atoms with Crippen LogP contribution in [0.2, 0.25) is 0 Å². The number of para-hydroxylation sites is 1. The molecule has 0 N–H and O–H groups in total. The van der Waals surface area contributed by atoms with Crippen LogP contribution in [0.5, 0.6) is 0 Å². The minimum Gasteiger partial charge on any atom is -0.299 e. The van der Waals surface area contributed by atoms with E-state index in [4.69, 9.17) is 0 Å². The molecule has 0 atom stereocenters. The number of piperidine rings is 1. The van der Waals surface area contributed by atoms with Crippen molar-refractivity contribution in [2.45, 2.75) is 38.6 Å². The highest BCUT2D eigenvalue weighted by molar-refractivity contribution is 6.55. The molecule has 0 aliphatic carbocycles. The van der Waals surface area contributed by atoms with Gasteiger partial charge >= 0.3 is 0 Å². The van der Waals surface area contributed by atoms with E-state index in [1.807, 2.05) is 17.0 Å². The average Bonchev–Trinajstić information content (AvgIpc) is 3.02. The fourth-order valence-electron chi connectivity index (χ4n) is 4.92. The Morgan fingerprint density at radius 3 is 2.43 bits per heavy atom. The number of hydrogen-bond donors (Lipinski definition) is 0. The fourth-order valence-corrected chi connectivity index (χ4v) is 4.92. The lowest BCUT2D eigenvalue weighted by Gasteiger charge is -2.40. The molecule has 30 heavy (non-hydrogen) atoms. The smallest absolute Gasteiger partial charge is 0.278 e. The van der Waals surface area contributed by atoms with Gasteiger partial charge in [0.05, 0.1) is 16.9 Å². The number of anilines is 1. The SMILES string of the molecule is CC1(C)C=C(CN2CCCCC2)c2cccc3c2N1C(=O)C3=Nc1ccc(F)cc1. The zero-order chi connectivity index (χ0) is 20.9. The van der Waals surface area contributed by atoms with Gasteiger partial charge in [-0.1, -0.05) is 30.7 Å². The van der Waals surface area contributed by atoms with Crippen molar-refractivity contribution in [2.75, 3.05) is 24.5 Å². The molecule has 2 aromatic carbocycles. The van der Waals surface area contributed by atoms with Gasteiger partial charge < -0.3 is 0 Å². The third-order valence-electron chi connectivity index (χ3n) is 6.28. The highest BCUT2D eigenvalue weighted by atomic mass is 19.1. The van der Waals surface area contributed by atoms with Crippen molar-refractivity contribution >= 4 is 28.6 Å². The van der Waals surface area contributed by atoms with E-state index in [0.29, 0.717) is 11.4 Å². The Hall–Kier alpha value is -2.79. The Morgan fingerprint density at radius 2 is 1.70 bits per heavy atom. The number of hydrogen-bond acceptors (Lipinski definition) is 3. The highest BCUT2D eigenvalue weighted by Gasteiger charge is 2.45. The molecule has 1 fully saturated rings. The first kappa shape index (κ1) is 19.2. The average molecular weight is 404 g/mol. The molecule has 154 valence electrons. The zero-order valence-electron chi connectivity index (χ0n) is 17.5. The van der Waals surface area contributed by atoms with Crippen LogP contribution in [-0.2, 0) is 4.79 Å². The summed E-state index contributed by atoms with van der Waals surface area (Å²) in [6.45, 7) is 7.34. The molecular weight excluding hydrogens is 377 g/mol. The van der Waals surface area contributed by atoms with E-state index in [-0.39, 0.29) is 11.7 Å². The van der Waals surface area contributed by atoms with Crippen LogP contribution in [0.4, 0.5) is 15.8 Å². The van der Waals surface area contributed by atoms with Crippen molar-refractivity contribution in [2.24, 2.45) is 4.99 Å². The second kappa shape index (κ2) is 7.17. The third kappa shape index (κ3) is 3.18. The molecule has 0 aromatic heterocycles. The van der Waals surface area contributed by atoms with Gasteiger partial charge in [-0.2, -0.15) is 0 Å². The fraction of sp³-hybridized carbons (Fsp3) is 0.360. The van der Waals surface area contributed by atoms with Gasteiger partial charge in [0, 0.05) is 17.7 Å². The Kier molecular flexibility index (Phi) is 4.58. The molecular formula is C25H26FN3O. The van der Waals surface area contributed by atoms with Gasteiger partial charge in [-0.05, 0) is 69.6 Å². The van der Waals surface area contributed by atoms with Crippen molar-refractivity contribution < 1.29 is 9.18 Å². The van der Waals surface area contributed by atoms with Crippen LogP contribution in [0, 0.1) is 5.82 Å². The molecule has 0 spiro atoms. The van der Waals surface area contributed by atoms with Crippen LogP contribution in [0.3, 0.4) is 0 Å². The standard InChI is InChI=1S/C25H26FN3O/c1-25(2)15-17(16-28-13-4-3-5-14-28)20-7-6-8-21-22(24(30)29(25)23(20)21)27-19-11-9-18(26)10-12-19/h6-12,15H,3-5,13-14,16H2,1-2H3. The van der Waals surface area contributed by atoms with Gasteiger partial charge in [0.1, 0.15) is 11.5 Å². The van der Waals surface area contributed by atoms with Gasteiger partial charge in [0.25, 0.3) is 5.91 Å². The number of nitrogens with zero attached hydrogens (tertiary/aromatic N) is 3. The van der Waals surface area contributed by atoms with E-state index in [0.717, 1.165) is 36.4 Å². The van der Waals surface area contributed by atoms with Gasteiger partial charge in [-0.3, -0.25) is 14.6 Å². The van der Waals surface area contributed by atoms with E-state index in [2.05, 4.69) is 35.9 Å². The van der Waals surface area contributed by atoms with Crippen LogP contribution >= 0.6 is 0 Å². The first-order valence-electron chi connectivity index (χ1n) is 10.7. The highest BCUT2D eigenvalue weighted by Crippen LogP contribution is 2.46. The topological polar surface area (TPSA) is 35.9 Å². The van der Waals surface area contributed by atoms with Crippen molar-refractivity contribution in [3.8, 4) is 0 Å². The number of benzene rings is 2. The Labute approximate surface area is 176 Å². The third-order valence-corrected chi connectivity index (χ3v) is 6.28. The number of aliphatic imine (C=N–C) groups is 1. The Bertz CT molecular complexity index is 1060. The lowest BCUT2D eigenvalue weighted by molar-refractivity contribution is -0.112. The van der Waals surface area contributed by atoms with Gasteiger partial charge in [0.15, 0.2) is 0 Å². The van der Waals surface area contributed by atoms with Crippen LogP contribution in [0.1, 0.15) is 44.2 Å². The maximum atomic E-state index is 13.4. The molecule has 5 heteroatoms. The van der Waals surface area contributed by atoms with Crippen molar-refractivity contribution in [1.82, 2.24) is 4.90 Å². The van der Waals surface area contributed by atoms with Crippen LogP contribution in [0.25, 0.3) is 5.57 Å². The molecule has 0 radical (unpaired) electrons. The summed E-state index contributed by atoms with van der Waals surface area (Å²) >= 11 is 0. The molecule has 4 nitrogen and oxygen atoms in total. The molecule has 0 bridgehead atoms. The van der Waals surface area contributed by atoms with Gasteiger partial charge in [-0.25, -0.2) is 9.38 Å². The maximum Gasteiger partial charge on any atom is 0.278 e. The quantitative estimate of drug-likeness (QED) is 0.727. The lowest BCUT2D eigenvalue weighted by atomic mass is 9.88. The van der Waals surface area contributed by atoms with E-state index >= 15 is 0 Å². The van der Waals surface area contributed by atoms with E-state index in [1.54, 1.807) is 12.1 Å². The largest absolute Gasteiger partial charge is 0.299 e. The lowest BCUT2D eigenvalue weighted by Crippen LogP contribution is -2.48. The van der Waals surface area contributed by atoms with Crippen LogP contribution in [-0.4, -0.2) is 41.7 Å². The molecule has 3 aliphatic heterocycles. The summed E-state index contributed by atoms with van der Waals surface area (Å²) in [5, 5.41) is 0. The Balaban J connectivity index is 1.59. The summed E-state index contributed by atoms with van der Waals surface area (Å²) in [5.41, 5.74) is 4.80. The molecule has 0 saturated carbocycles. The molecule has 5 rings (SSSR count). The second-order valence-electron chi connectivity index (χ2n) is 8.94. The summed E-state index contributed by atoms with van der Waals surface area (Å²) in [4.78, 5) is 22.5. The number of rotatable bonds is 3. The van der Waals surface area contributed by atoms with Crippen molar-refractivity contribution in [1.29, 1.82) is 0 Å². The van der Waals surface area contributed by atoms with Crippen molar-refractivity contribution in [3.05, 3.63) is 65.5 Å². The summed E-state index contributed by atoms with van der Waals surface area (Å²) in [5.74, 6) is -0.410. The minimum atomic E-state index is -0.439. The predicted octanol–water partition coefficient (Wildman–Crippen LogP) is 4.95. The number of halogens is 1. The normalized spacial score (nSPS) is 21.7. The van der Waals surface area contributed by atoms with Gasteiger partial charge in [-0.15, -0.1) is 0 Å². The molecule has 3 heterocycles. The number of carbonyl (C=O) groups excluding carboxylic acids is 1. The summed E-state index contributed by atoms with van der Waals surface area (Å²) in [6.07, 6.45) is 6.06. The van der Waals surface area contributed by atoms with E-state index < -0.39 is 5.54 Å². The number of carbonyl (C=O) groups is 1. The van der Waals surface area contributed by atoms with Crippen LogP contribution < -0.4 is 4.90 Å². The number of likely N-dealkylation sites (tertiary alicyclic amines) is 1.